The third-order valence-corrected chi connectivity index (χ3v) is 1.55. The van der Waals surface area contributed by atoms with Crippen LogP contribution >= 0.6 is 12.2 Å². The van der Waals surface area contributed by atoms with Gasteiger partial charge in [0, 0.05) is 6.20 Å². The number of rotatable bonds is 1. The molecule has 0 aliphatic rings. The molecule has 2 aromatic heterocycles. The van der Waals surface area contributed by atoms with Crippen LogP contribution in [0, 0.1) is 4.64 Å². The van der Waals surface area contributed by atoms with Crippen molar-refractivity contribution in [2.75, 3.05) is 0 Å². The van der Waals surface area contributed by atoms with Gasteiger partial charge in [0.15, 0.2) is 11.6 Å². The fourth-order valence-corrected chi connectivity index (χ4v) is 0.968. The van der Waals surface area contributed by atoms with Crippen molar-refractivity contribution in [2.45, 2.75) is 0 Å². The highest BCUT2D eigenvalue weighted by atomic mass is 32.1. The van der Waals surface area contributed by atoms with Gasteiger partial charge in [-0.05, 0) is 6.07 Å². The summed E-state index contributed by atoms with van der Waals surface area (Å²) in [4.78, 5) is 10.8. The summed E-state index contributed by atoms with van der Waals surface area (Å²) in [7, 11) is 0. The molecule has 0 aliphatic carbocycles. The normalized spacial score (nSPS) is 10.0. The molecule has 0 saturated carbocycles. The van der Waals surface area contributed by atoms with Crippen LogP contribution in [0.4, 0.5) is 0 Å². The molecule has 0 spiro atoms. The summed E-state index contributed by atoms with van der Waals surface area (Å²) >= 11 is 4.92. The third kappa shape index (κ3) is 1.24. The van der Waals surface area contributed by atoms with Crippen LogP contribution in [-0.2, 0) is 0 Å². The zero-order chi connectivity index (χ0) is 8.39. The smallest absolute Gasteiger partial charge is 0.191 e. The number of aromatic nitrogens is 5. The number of nitrogens with zero attached hydrogens (tertiary/aromatic N) is 3. The number of H-pyrrole nitrogens is 2. The maximum absolute atomic E-state index is 4.92. The maximum Gasteiger partial charge on any atom is 0.191 e. The molecule has 0 unspecified atom stereocenters. The third-order valence-electron chi connectivity index (χ3n) is 1.31. The molecule has 0 bridgehead atoms. The highest BCUT2D eigenvalue weighted by Crippen LogP contribution is 2.04. The molecule has 2 N–H and O–H groups in total. The minimum Gasteiger partial charge on any atom is -0.328 e. The van der Waals surface area contributed by atoms with Crippen molar-refractivity contribution in [1.29, 1.82) is 0 Å². The summed E-state index contributed by atoms with van der Waals surface area (Å²) in [6.45, 7) is 0. The van der Waals surface area contributed by atoms with Crippen molar-refractivity contribution in [3.05, 3.63) is 23.2 Å². The van der Waals surface area contributed by atoms with Crippen molar-refractivity contribution in [3.8, 4) is 11.6 Å². The first-order valence-corrected chi connectivity index (χ1v) is 3.68. The van der Waals surface area contributed by atoms with Gasteiger partial charge in [0.2, 0.25) is 0 Å². The first-order valence-electron chi connectivity index (χ1n) is 3.27. The Bertz CT molecular complexity index is 418. The Morgan fingerprint density at radius 1 is 1.25 bits per heavy atom. The van der Waals surface area contributed by atoms with Crippen LogP contribution in [0.25, 0.3) is 11.6 Å². The molecule has 2 rings (SSSR count). The molecule has 60 valence electrons. The summed E-state index contributed by atoms with van der Waals surface area (Å²) in [5.41, 5.74) is 0. The number of aromatic amines is 2. The van der Waals surface area contributed by atoms with Gasteiger partial charge < -0.3 is 4.98 Å². The van der Waals surface area contributed by atoms with Crippen LogP contribution in [0.15, 0.2) is 18.6 Å². The van der Waals surface area contributed by atoms with Crippen molar-refractivity contribution in [2.24, 2.45) is 0 Å². The van der Waals surface area contributed by atoms with Crippen molar-refractivity contribution >= 4 is 12.2 Å². The summed E-state index contributed by atoms with van der Waals surface area (Å²) in [5, 5.41) is 6.38. The van der Waals surface area contributed by atoms with Crippen LogP contribution in [0.1, 0.15) is 0 Å². The lowest BCUT2D eigenvalue weighted by molar-refractivity contribution is 1.06. The molecule has 0 amide bonds. The Kier molecular flexibility index (Phi) is 1.67. The van der Waals surface area contributed by atoms with E-state index in [1.807, 2.05) is 0 Å². The van der Waals surface area contributed by atoms with Crippen molar-refractivity contribution in [1.82, 2.24) is 25.1 Å². The Labute approximate surface area is 72.9 Å². The second kappa shape index (κ2) is 2.82. The van der Waals surface area contributed by atoms with Gasteiger partial charge in [0.25, 0.3) is 0 Å². The predicted molar refractivity (Wildman–Crippen MR) is 44.8 cm³/mol. The largest absolute Gasteiger partial charge is 0.328 e. The molecule has 0 aliphatic heterocycles. The molecule has 2 heterocycles. The zero-order valence-corrected chi connectivity index (χ0v) is 6.80. The number of hydrogen-bond donors (Lipinski definition) is 2. The van der Waals surface area contributed by atoms with E-state index in [0.717, 1.165) is 0 Å². The second-order valence-electron chi connectivity index (χ2n) is 2.12. The van der Waals surface area contributed by atoms with Crippen molar-refractivity contribution in [3.63, 3.8) is 0 Å². The Hall–Kier alpha value is -1.56. The lowest BCUT2D eigenvalue weighted by atomic mass is 10.5. The number of nitrogens with one attached hydrogen (secondary N) is 2. The fraction of sp³-hybridized carbons (Fsp3) is 0. The highest BCUT2D eigenvalue weighted by Gasteiger charge is 1.99. The lowest BCUT2D eigenvalue weighted by Gasteiger charge is -1.92. The Morgan fingerprint density at radius 2 is 2.17 bits per heavy atom. The van der Waals surface area contributed by atoms with Gasteiger partial charge >= 0.3 is 0 Å². The maximum atomic E-state index is 4.92. The van der Waals surface area contributed by atoms with E-state index in [9.17, 15) is 0 Å². The predicted octanol–water partition coefficient (Wildman–Crippen LogP) is 0.924. The SMILES string of the molecule is S=c1ccnc(-c2ncn[nH]2)[nH]1. The standard InChI is InChI=1S/C6H5N5S/c12-4-1-2-7-5(10-4)6-8-3-9-11-6/h1-3H,(H,7,10,12)(H,8,9,11). The van der Waals surface area contributed by atoms with E-state index in [-0.39, 0.29) is 0 Å². The fourth-order valence-electron chi connectivity index (χ4n) is 0.810. The van der Waals surface area contributed by atoms with Gasteiger partial charge in [-0.3, -0.25) is 5.10 Å². The van der Waals surface area contributed by atoms with E-state index in [0.29, 0.717) is 16.3 Å². The molecule has 12 heavy (non-hydrogen) atoms. The van der Waals surface area contributed by atoms with Crippen LogP contribution < -0.4 is 0 Å². The van der Waals surface area contributed by atoms with Gasteiger partial charge in [-0.2, -0.15) is 5.10 Å². The van der Waals surface area contributed by atoms with Crippen LogP contribution in [0.5, 0.6) is 0 Å². The molecule has 5 nitrogen and oxygen atoms in total. The Morgan fingerprint density at radius 3 is 2.83 bits per heavy atom. The van der Waals surface area contributed by atoms with Crippen molar-refractivity contribution < 1.29 is 0 Å². The lowest BCUT2D eigenvalue weighted by Crippen LogP contribution is -1.89. The monoisotopic (exact) mass is 179 g/mol. The topological polar surface area (TPSA) is 70.2 Å². The molecular weight excluding hydrogens is 174 g/mol. The van der Waals surface area contributed by atoms with Gasteiger partial charge in [0.05, 0.1) is 0 Å². The van der Waals surface area contributed by atoms with E-state index in [1.165, 1.54) is 6.33 Å². The summed E-state index contributed by atoms with van der Waals surface area (Å²) in [5.74, 6) is 1.18. The van der Waals surface area contributed by atoms with E-state index < -0.39 is 0 Å². The molecule has 0 saturated heterocycles. The van der Waals surface area contributed by atoms with E-state index in [4.69, 9.17) is 12.2 Å². The molecular formula is C6H5N5S. The molecule has 0 radical (unpaired) electrons. The summed E-state index contributed by atoms with van der Waals surface area (Å²) in [6, 6.07) is 1.70. The first kappa shape index (κ1) is 7.11. The van der Waals surface area contributed by atoms with E-state index >= 15 is 0 Å². The van der Waals surface area contributed by atoms with Gasteiger partial charge in [-0.25, -0.2) is 9.97 Å². The molecule has 0 aromatic carbocycles. The van der Waals surface area contributed by atoms with Gasteiger partial charge in [0.1, 0.15) is 11.0 Å². The highest BCUT2D eigenvalue weighted by molar-refractivity contribution is 7.71. The van der Waals surface area contributed by atoms with Gasteiger partial charge in [-0.15, -0.1) is 0 Å². The second-order valence-corrected chi connectivity index (χ2v) is 2.56. The molecule has 0 fully saturated rings. The van der Waals surface area contributed by atoms with E-state index in [2.05, 4.69) is 25.1 Å². The summed E-state index contributed by atoms with van der Waals surface area (Å²) in [6.07, 6.45) is 3.04. The van der Waals surface area contributed by atoms with Gasteiger partial charge in [-0.1, -0.05) is 12.2 Å². The van der Waals surface area contributed by atoms with E-state index in [1.54, 1.807) is 12.3 Å². The average molecular weight is 179 g/mol. The zero-order valence-electron chi connectivity index (χ0n) is 5.98. The molecule has 6 heteroatoms. The first-order chi connectivity index (χ1) is 5.86. The van der Waals surface area contributed by atoms with Crippen LogP contribution in [0.2, 0.25) is 0 Å². The molecule has 2 aromatic rings. The molecule has 0 atom stereocenters. The average Bonchev–Trinajstić information content (AvgIpc) is 2.56. The quantitative estimate of drug-likeness (QED) is 0.639. The Balaban J connectivity index is 2.55. The number of hydrogen-bond acceptors (Lipinski definition) is 4. The van der Waals surface area contributed by atoms with Crippen LogP contribution in [-0.4, -0.2) is 25.1 Å². The minimum absolute atomic E-state index is 0.585. The minimum atomic E-state index is 0.585. The van der Waals surface area contributed by atoms with Crippen LogP contribution in [0.3, 0.4) is 0 Å². The summed E-state index contributed by atoms with van der Waals surface area (Å²) < 4.78 is 0.622.